The van der Waals surface area contributed by atoms with Crippen molar-refractivity contribution in [2.75, 3.05) is 45.9 Å². The molecule has 1 aliphatic rings. The number of amides is 2. The second kappa shape index (κ2) is 13.6. The molecule has 2 N–H and O–H groups in total. The second-order valence-electron chi connectivity index (χ2n) is 8.13. The molecule has 0 aromatic heterocycles. The molecule has 30 heavy (non-hydrogen) atoms. The first-order chi connectivity index (χ1) is 14.6. The van der Waals surface area contributed by atoms with E-state index in [0.29, 0.717) is 25.0 Å². The number of hydrogen-bond donors (Lipinski definition) is 2. The van der Waals surface area contributed by atoms with E-state index in [1.54, 1.807) is 0 Å². The van der Waals surface area contributed by atoms with Gasteiger partial charge >= 0.3 is 6.03 Å². The summed E-state index contributed by atoms with van der Waals surface area (Å²) in [5.41, 5.74) is 2.43. The highest BCUT2D eigenvalue weighted by Crippen LogP contribution is 2.19. The Morgan fingerprint density at radius 3 is 2.17 bits per heavy atom. The third kappa shape index (κ3) is 7.89. The molecular weight excluding hydrogens is 376 g/mol. The van der Waals surface area contributed by atoms with Crippen molar-refractivity contribution in [1.29, 1.82) is 0 Å². The lowest BCUT2D eigenvalue weighted by Gasteiger charge is -2.38. The molecule has 6 nitrogen and oxygen atoms in total. The number of morpholine rings is 1. The molecule has 2 rings (SSSR count). The number of benzene rings is 1. The van der Waals surface area contributed by atoms with E-state index in [2.05, 4.69) is 72.4 Å². The second-order valence-corrected chi connectivity index (χ2v) is 8.13. The number of ether oxygens (including phenoxy) is 1. The van der Waals surface area contributed by atoms with Crippen LogP contribution < -0.4 is 10.6 Å². The number of hydrogen-bond acceptors (Lipinski definition) is 4. The summed E-state index contributed by atoms with van der Waals surface area (Å²) in [6.07, 6.45) is 2.25. The zero-order chi connectivity index (χ0) is 21.8. The molecule has 1 fully saturated rings. The number of nitrogens with zero attached hydrogens (tertiary/aromatic N) is 2. The Bertz CT molecular complexity index is 594. The minimum Gasteiger partial charge on any atom is -0.379 e. The fourth-order valence-corrected chi connectivity index (χ4v) is 4.25. The first-order valence-corrected chi connectivity index (χ1v) is 11.7. The smallest absolute Gasteiger partial charge is 0.315 e. The normalized spacial score (nSPS) is 16.1. The molecule has 1 saturated heterocycles. The summed E-state index contributed by atoms with van der Waals surface area (Å²) in [6.45, 7) is 16.6. The lowest BCUT2D eigenvalue weighted by Crippen LogP contribution is -2.53. The monoisotopic (exact) mass is 418 g/mol. The molecule has 1 aromatic carbocycles. The van der Waals surface area contributed by atoms with Gasteiger partial charge in [0.2, 0.25) is 0 Å². The fraction of sp³-hybridized carbons (Fsp3) is 0.708. The average molecular weight is 419 g/mol. The lowest BCUT2D eigenvalue weighted by atomic mass is 9.92. The van der Waals surface area contributed by atoms with E-state index in [1.807, 2.05) is 0 Å². The number of carbonyl (C=O) groups is 1. The predicted octanol–water partition coefficient (Wildman–Crippen LogP) is 3.46. The molecule has 0 aliphatic carbocycles. The maximum absolute atomic E-state index is 12.4. The molecule has 1 aliphatic heterocycles. The van der Waals surface area contributed by atoms with Gasteiger partial charge < -0.3 is 15.4 Å². The van der Waals surface area contributed by atoms with Gasteiger partial charge in [0.1, 0.15) is 0 Å². The number of urea groups is 1. The molecule has 170 valence electrons. The van der Waals surface area contributed by atoms with Gasteiger partial charge in [-0.05, 0) is 30.1 Å². The van der Waals surface area contributed by atoms with E-state index in [-0.39, 0.29) is 6.03 Å². The van der Waals surface area contributed by atoms with Crippen molar-refractivity contribution >= 4 is 6.03 Å². The maximum Gasteiger partial charge on any atom is 0.315 e. The van der Waals surface area contributed by atoms with E-state index in [9.17, 15) is 4.79 Å². The summed E-state index contributed by atoms with van der Waals surface area (Å²) in [5, 5.41) is 6.12. The molecule has 0 saturated carbocycles. The molecule has 2 amide bonds. The van der Waals surface area contributed by atoms with Gasteiger partial charge in [0, 0.05) is 38.8 Å². The average Bonchev–Trinajstić information content (AvgIpc) is 2.80. The van der Waals surface area contributed by atoms with Crippen molar-refractivity contribution in [1.82, 2.24) is 20.4 Å². The van der Waals surface area contributed by atoms with Gasteiger partial charge in [-0.25, -0.2) is 4.79 Å². The van der Waals surface area contributed by atoms with Gasteiger partial charge in [0.15, 0.2) is 0 Å². The Morgan fingerprint density at radius 1 is 1.00 bits per heavy atom. The van der Waals surface area contributed by atoms with Crippen molar-refractivity contribution < 1.29 is 9.53 Å². The van der Waals surface area contributed by atoms with Crippen LogP contribution in [0.2, 0.25) is 0 Å². The van der Waals surface area contributed by atoms with Gasteiger partial charge in [-0.3, -0.25) is 9.80 Å². The Hall–Kier alpha value is -1.63. The molecule has 1 atom stereocenters. The molecular formula is C24H42N4O2. The highest BCUT2D eigenvalue weighted by Gasteiger charge is 2.27. The van der Waals surface area contributed by atoms with Gasteiger partial charge in [0.25, 0.3) is 0 Å². The quantitative estimate of drug-likeness (QED) is 0.546. The Morgan fingerprint density at radius 2 is 1.60 bits per heavy atom. The molecule has 0 bridgehead atoms. The van der Waals surface area contributed by atoms with E-state index >= 15 is 0 Å². The van der Waals surface area contributed by atoms with Crippen LogP contribution in [-0.2, 0) is 17.8 Å². The van der Waals surface area contributed by atoms with E-state index < -0.39 is 0 Å². The molecule has 1 unspecified atom stereocenters. The third-order valence-corrected chi connectivity index (χ3v) is 6.36. The van der Waals surface area contributed by atoms with Crippen LogP contribution in [0, 0.1) is 5.92 Å². The van der Waals surface area contributed by atoms with Crippen LogP contribution in [0.3, 0.4) is 0 Å². The minimum atomic E-state index is -0.0913. The first kappa shape index (κ1) is 24.6. The van der Waals surface area contributed by atoms with Crippen molar-refractivity contribution in [3.8, 4) is 0 Å². The lowest BCUT2D eigenvalue weighted by molar-refractivity contribution is 0.00237. The van der Waals surface area contributed by atoms with Crippen LogP contribution in [0.4, 0.5) is 4.79 Å². The number of nitrogens with one attached hydrogen (secondary N) is 2. The summed E-state index contributed by atoms with van der Waals surface area (Å²) >= 11 is 0. The fourth-order valence-electron chi connectivity index (χ4n) is 4.25. The summed E-state index contributed by atoms with van der Waals surface area (Å²) in [6, 6.07) is 8.82. The molecule has 6 heteroatoms. The van der Waals surface area contributed by atoms with Crippen LogP contribution in [-0.4, -0.2) is 67.8 Å². The minimum absolute atomic E-state index is 0.0913. The van der Waals surface area contributed by atoms with Crippen LogP contribution in [0.1, 0.15) is 51.7 Å². The van der Waals surface area contributed by atoms with E-state index in [4.69, 9.17) is 4.74 Å². The number of carbonyl (C=O) groups excluding carboxylic acids is 1. The molecule has 0 spiro atoms. The molecule has 1 aromatic rings. The van der Waals surface area contributed by atoms with Crippen molar-refractivity contribution in [2.24, 2.45) is 5.92 Å². The number of rotatable bonds is 12. The maximum atomic E-state index is 12.4. The predicted molar refractivity (Wildman–Crippen MR) is 124 cm³/mol. The van der Waals surface area contributed by atoms with Crippen molar-refractivity contribution in [3.05, 3.63) is 35.4 Å². The van der Waals surface area contributed by atoms with Gasteiger partial charge in [-0.15, -0.1) is 0 Å². The Kier molecular flexibility index (Phi) is 11.2. The van der Waals surface area contributed by atoms with Crippen LogP contribution in [0.15, 0.2) is 24.3 Å². The summed E-state index contributed by atoms with van der Waals surface area (Å²) < 4.78 is 5.51. The standard InChI is InChI=1S/C24H42N4O2/c1-5-22(6-2)23(28-13-15-30-16-14-28)18-26-24(29)25-17-20-9-11-21(12-10-20)19-27(7-3)8-4/h9-12,22-23H,5-8,13-19H2,1-4H3,(H2,25,26,29). The largest absolute Gasteiger partial charge is 0.379 e. The molecule has 0 radical (unpaired) electrons. The summed E-state index contributed by atoms with van der Waals surface area (Å²) in [7, 11) is 0. The zero-order valence-electron chi connectivity index (χ0n) is 19.5. The van der Waals surface area contributed by atoms with E-state index in [0.717, 1.165) is 64.3 Å². The van der Waals surface area contributed by atoms with Gasteiger partial charge in [-0.2, -0.15) is 0 Å². The first-order valence-electron chi connectivity index (χ1n) is 11.7. The summed E-state index contributed by atoms with van der Waals surface area (Å²) in [4.78, 5) is 17.3. The van der Waals surface area contributed by atoms with Crippen molar-refractivity contribution in [3.63, 3.8) is 0 Å². The van der Waals surface area contributed by atoms with Crippen LogP contribution in [0.25, 0.3) is 0 Å². The van der Waals surface area contributed by atoms with Crippen molar-refractivity contribution in [2.45, 2.75) is 59.7 Å². The van der Waals surface area contributed by atoms with E-state index in [1.165, 1.54) is 5.56 Å². The third-order valence-electron chi connectivity index (χ3n) is 6.36. The SMILES string of the molecule is CCC(CC)C(CNC(=O)NCc1ccc(CN(CC)CC)cc1)N1CCOCC1. The Balaban J connectivity index is 1.80. The van der Waals surface area contributed by atoms with Crippen LogP contribution >= 0.6 is 0 Å². The van der Waals surface area contributed by atoms with Gasteiger partial charge in [-0.1, -0.05) is 64.8 Å². The van der Waals surface area contributed by atoms with Crippen LogP contribution in [0.5, 0.6) is 0 Å². The topological polar surface area (TPSA) is 56.8 Å². The Labute approximate surface area is 183 Å². The molecule has 1 heterocycles. The summed E-state index contributed by atoms with van der Waals surface area (Å²) in [5.74, 6) is 0.585. The highest BCUT2D eigenvalue weighted by atomic mass is 16.5. The zero-order valence-corrected chi connectivity index (χ0v) is 19.5. The highest BCUT2D eigenvalue weighted by molar-refractivity contribution is 5.73. The van der Waals surface area contributed by atoms with Gasteiger partial charge in [0.05, 0.1) is 13.2 Å².